The molecule has 0 aliphatic carbocycles. The molecule has 1 aromatic heterocycles. The van der Waals surface area contributed by atoms with Gasteiger partial charge in [-0.15, -0.1) is 0 Å². The van der Waals surface area contributed by atoms with Crippen molar-refractivity contribution < 1.29 is 14.0 Å². The van der Waals surface area contributed by atoms with Crippen LogP contribution in [0.3, 0.4) is 0 Å². The highest BCUT2D eigenvalue weighted by molar-refractivity contribution is 6.02. The SMILES string of the molecule is CCNC(=O)C(c1ccccc1)N1CCN(c2ccc(CC(=O)c3ccccc3-c3ccco3)cc2)CC1. The second-order valence-corrected chi connectivity index (χ2v) is 9.52. The van der Waals surface area contributed by atoms with Crippen molar-refractivity contribution in [1.29, 1.82) is 0 Å². The smallest absolute Gasteiger partial charge is 0.241 e. The number of carbonyl (C=O) groups is 2. The molecule has 1 fully saturated rings. The van der Waals surface area contributed by atoms with Gasteiger partial charge < -0.3 is 14.6 Å². The Bertz CT molecular complexity index is 1340. The fraction of sp³-hybridized carbons (Fsp3) is 0.250. The van der Waals surface area contributed by atoms with Crippen molar-refractivity contribution in [2.24, 2.45) is 0 Å². The van der Waals surface area contributed by atoms with Crippen molar-refractivity contribution in [2.45, 2.75) is 19.4 Å². The third-order valence-electron chi connectivity index (χ3n) is 7.07. The van der Waals surface area contributed by atoms with Crippen LogP contribution in [0.25, 0.3) is 11.3 Å². The summed E-state index contributed by atoms with van der Waals surface area (Å²) in [4.78, 5) is 30.7. The first-order valence-corrected chi connectivity index (χ1v) is 13.2. The Balaban J connectivity index is 1.22. The Morgan fingerprint density at radius 1 is 0.842 bits per heavy atom. The van der Waals surface area contributed by atoms with E-state index in [0.29, 0.717) is 24.3 Å². The van der Waals surface area contributed by atoms with E-state index in [4.69, 9.17) is 4.42 Å². The van der Waals surface area contributed by atoms with E-state index in [2.05, 4.69) is 27.2 Å². The van der Waals surface area contributed by atoms with Gasteiger partial charge in [0.1, 0.15) is 11.8 Å². The topological polar surface area (TPSA) is 65.8 Å². The van der Waals surface area contributed by atoms with Crippen molar-refractivity contribution in [2.75, 3.05) is 37.6 Å². The van der Waals surface area contributed by atoms with Gasteiger partial charge in [0, 0.05) is 56.0 Å². The number of benzene rings is 3. The number of amides is 1. The van der Waals surface area contributed by atoms with Crippen LogP contribution in [0.2, 0.25) is 0 Å². The Morgan fingerprint density at radius 3 is 2.24 bits per heavy atom. The molecule has 3 aromatic carbocycles. The maximum atomic E-state index is 13.1. The van der Waals surface area contributed by atoms with E-state index in [0.717, 1.165) is 48.6 Å². The summed E-state index contributed by atoms with van der Waals surface area (Å²) in [5, 5.41) is 3.00. The second kappa shape index (κ2) is 11.9. The van der Waals surface area contributed by atoms with Crippen molar-refractivity contribution in [3.05, 3.63) is 114 Å². The maximum absolute atomic E-state index is 13.1. The largest absolute Gasteiger partial charge is 0.464 e. The van der Waals surface area contributed by atoms with Gasteiger partial charge in [-0.25, -0.2) is 0 Å². The number of hydrogen-bond donors (Lipinski definition) is 1. The van der Waals surface area contributed by atoms with Crippen LogP contribution >= 0.6 is 0 Å². The van der Waals surface area contributed by atoms with Gasteiger partial charge in [-0.05, 0) is 42.3 Å². The predicted octanol–water partition coefficient (Wildman–Crippen LogP) is 5.37. The highest BCUT2D eigenvalue weighted by Gasteiger charge is 2.30. The van der Waals surface area contributed by atoms with Gasteiger partial charge in [0.15, 0.2) is 5.78 Å². The number of ketones is 1. The molecule has 6 heteroatoms. The minimum atomic E-state index is -0.282. The molecular weight excluding hydrogens is 474 g/mol. The first-order valence-electron chi connectivity index (χ1n) is 13.2. The number of anilines is 1. The van der Waals surface area contributed by atoms with Gasteiger partial charge in [-0.3, -0.25) is 14.5 Å². The van der Waals surface area contributed by atoms with Crippen molar-refractivity contribution in [3.63, 3.8) is 0 Å². The molecule has 1 aliphatic rings. The number of likely N-dealkylation sites (N-methyl/N-ethyl adjacent to an activating group) is 1. The summed E-state index contributed by atoms with van der Waals surface area (Å²) in [5.74, 6) is 0.815. The van der Waals surface area contributed by atoms with E-state index in [1.807, 2.05) is 85.8 Å². The average Bonchev–Trinajstić information content (AvgIpc) is 3.50. The second-order valence-electron chi connectivity index (χ2n) is 9.52. The van der Waals surface area contributed by atoms with Gasteiger partial charge in [0.05, 0.1) is 6.26 Å². The van der Waals surface area contributed by atoms with Crippen LogP contribution in [-0.2, 0) is 11.2 Å². The summed E-state index contributed by atoms with van der Waals surface area (Å²) in [6, 6.07) is 29.3. The standard InChI is InChI=1S/C32H33N3O3/c1-2-33-32(37)31(25-9-4-3-5-10-25)35-20-18-34(19-21-35)26-16-14-24(15-17-26)23-29(36)27-11-6-7-12-28(27)30-13-8-22-38-30/h3-17,22,31H,2,18-21,23H2,1H3,(H,33,37). The third-order valence-corrected chi connectivity index (χ3v) is 7.07. The quantitative estimate of drug-likeness (QED) is 0.309. The molecule has 6 nitrogen and oxygen atoms in total. The number of rotatable bonds is 9. The predicted molar refractivity (Wildman–Crippen MR) is 150 cm³/mol. The Kier molecular flexibility index (Phi) is 8.00. The Hall–Kier alpha value is -4.16. The monoisotopic (exact) mass is 507 g/mol. The van der Waals surface area contributed by atoms with Crippen molar-refractivity contribution >= 4 is 17.4 Å². The first-order chi connectivity index (χ1) is 18.6. The molecule has 5 rings (SSSR count). The lowest BCUT2D eigenvalue weighted by atomic mass is 9.97. The van der Waals surface area contributed by atoms with Crippen LogP contribution in [-0.4, -0.2) is 49.3 Å². The van der Waals surface area contributed by atoms with E-state index >= 15 is 0 Å². The van der Waals surface area contributed by atoms with E-state index < -0.39 is 0 Å². The highest BCUT2D eigenvalue weighted by atomic mass is 16.3. The molecule has 1 unspecified atom stereocenters. The minimum Gasteiger partial charge on any atom is -0.464 e. The fourth-order valence-corrected chi connectivity index (χ4v) is 5.15. The summed E-state index contributed by atoms with van der Waals surface area (Å²) >= 11 is 0. The highest BCUT2D eigenvalue weighted by Crippen LogP contribution is 2.27. The van der Waals surface area contributed by atoms with Crippen molar-refractivity contribution in [3.8, 4) is 11.3 Å². The minimum absolute atomic E-state index is 0.0507. The van der Waals surface area contributed by atoms with Gasteiger partial charge >= 0.3 is 0 Å². The van der Waals surface area contributed by atoms with Crippen LogP contribution in [0.4, 0.5) is 5.69 Å². The Morgan fingerprint density at radius 2 is 1.55 bits per heavy atom. The zero-order chi connectivity index (χ0) is 26.3. The summed E-state index contributed by atoms with van der Waals surface area (Å²) in [7, 11) is 0. The molecule has 4 aromatic rings. The summed E-state index contributed by atoms with van der Waals surface area (Å²) in [6.07, 6.45) is 1.95. The van der Waals surface area contributed by atoms with Gasteiger partial charge in [0.2, 0.25) is 5.91 Å². The van der Waals surface area contributed by atoms with Gasteiger partial charge in [-0.2, -0.15) is 0 Å². The van der Waals surface area contributed by atoms with Crippen LogP contribution in [0.1, 0.15) is 34.5 Å². The maximum Gasteiger partial charge on any atom is 0.241 e. The molecule has 0 radical (unpaired) electrons. The van der Waals surface area contributed by atoms with E-state index in [1.165, 1.54) is 0 Å². The Labute approximate surface area is 223 Å². The molecule has 1 aliphatic heterocycles. The molecule has 1 amide bonds. The van der Waals surface area contributed by atoms with E-state index in [1.54, 1.807) is 6.26 Å². The molecule has 0 spiro atoms. The first kappa shape index (κ1) is 25.5. The molecular formula is C32H33N3O3. The molecule has 1 saturated heterocycles. The molecule has 38 heavy (non-hydrogen) atoms. The van der Waals surface area contributed by atoms with Crippen LogP contribution in [0, 0.1) is 0 Å². The molecule has 0 bridgehead atoms. The molecule has 194 valence electrons. The van der Waals surface area contributed by atoms with Crippen LogP contribution < -0.4 is 10.2 Å². The number of nitrogens with zero attached hydrogens (tertiary/aromatic N) is 2. The number of carbonyl (C=O) groups excluding carboxylic acids is 2. The average molecular weight is 508 g/mol. The lowest BCUT2D eigenvalue weighted by Crippen LogP contribution is -2.51. The fourth-order valence-electron chi connectivity index (χ4n) is 5.15. The number of nitrogens with one attached hydrogen (secondary N) is 1. The van der Waals surface area contributed by atoms with Gasteiger partial charge in [0.25, 0.3) is 0 Å². The van der Waals surface area contributed by atoms with Crippen LogP contribution in [0.15, 0.2) is 102 Å². The van der Waals surface area contributed by atoms with Crippen LogP contribution in [0.5, 0.6) is 0 Å². The number of furan rings is 1. The van der Waals surface area contributed by atoms with E-state index in [-0.39, 0.29) is 17.7 Å². The zero-order valence-electron chi connectivity index (χ0n) is 21.7. The van der Waals surface area contributed by atoms with E-state index in [9.17, 15) is 9.59 Å². The number of hydrogen-bond acceptors (Lipinski definition) is 5. The lowest BCUT2D eigenvalue weighted by molar-refractivity contribution is -0.126. The molecule has 2 heterocycles. The normalized spacial score (nSPS) is 14.7. The molecule has 1 atom stereocenters. The van der Waals surface area contributed by atoms with Crippen molar-refractivity contribution in [1.82, 2.24) is 10.2 Å². The number of Topliss-reactive ketones (excluding diaryl/α,β-unsaturated/α-hetero) is 1. The lowest BCUT2D eigenvalue weighted by Gasteiger charge is -2.39. The summed E-state index contributed by atoms with van der Waals surface area (Å²) in [6.45, 7) is 5.81. The summed E-state index contributed by atoms with van der Waals surface area (Å²) in [5.41, 5.74) is 4.62. The van der Waals surface area contributed by atoms with Gasteiger partial charge in [-0.1, -0.05) is 66.7 Å². The molecule has 1 N–H and O–H groups in total. The molecule has 0 saturated carbocycles. The number of piperazine rings is 1. The zero-order valence-corrected chi connectivity index (χ0v) is 21.7. The third kappa shape index (κ3) is 5.71. The summed E-state index contributed by atoms with van der Waals surface area (Å²) < 4.78 is 5.53.